The number of aromatic nitrogens is 3. The van der Waals surface area contributed by atoms with Crippen LogP contribution in [0.3, 0.4) is 0 Å². The Labute approximate surface area is 250 Å². The summed E-state index contributed by atoms with van der Waals surface area (Å²) < 4.78 is 57.1. The van der Waals surface area contributed by atoms with E-state index in [0.29, 0.717) is 55.7 Å². The van der Waals surface area contributed by atoms with Gasteiger partial charge >= 0.3 is 6.18 Å². The number of anilines is 3. The second-order valence-electron chi connectivity index (χ2n) is 11.0. The van der Waals surface area contributed by atoms with E-state index in [4.69, 9.17) is 5.26 Å². The molecular formula is C30H30F4N8O2. The summed E-state index contributed by atoms with van der Waals surface area (Å²) in [7, 11) is 1.98. The highest BCUT2D eigenvalue weighted by atomic mass is 19.4. The molecule has 1 fully saturated rings. The minimum Gasteiger partial charge on any atom is -0.367 e. The van der Waals surface area contributed by atoms with E-state index in [1.807, 2.05) is 42.8 Å². The number of alkyl halides is 3. The van der Waals surface area contributed by atoms with Gasteiger partial charge in [-0.25, -0.2) is 14.4 Å². The van der Waals surface area contributed by atoms with Crippen LogP contribution in [-0.2, 0) is 6.18 Å². The highest BCUT2D eigenvalue weighted by Crippen LogP contribution is 2.37. The number of carbonyl (C=O) groups is 1. The number of rotatable bonds is 5. The zero-order chi connectivity index (χ0) is 31.8. The number of hydrogen-bond donors (Lipinski definition) is 2. The first-order valence-corrected chi connectivity index (χ1v) is 13.9. The maximum Gasteiger partial charge on any atom is 0.417 e. The van der Waals surface area contributed by atoms with Gasteiger partial charge in [0.15, 0.2) is 0 Å². The Balaban J connectivity index is 1.52. The summed E-state index contributed by atoms with van der Waals surface area (Å²) >= 11 is 0. The number of H-pyrrole nitrogens is 1. The summed E-state index contributed by atoms with van der Waals surface area (Å²) in [6.07, 6.45) is -0.522. The number of pyridine rings is 1. The third kappa shape index (κ3) is 6.28. The van der Waals surface area contributed by atoms with Crippen LogP contribution in [0.1, 0.15) is 47.6 Å². The molecule has 4 heterocycles. The van der Waals surface area contributed by atoms with E-state index in [1.54, 1.807) is 6.07 Å². The molecule has 0 bridgehead atoms. The predicted molar refractivity (Wildman–Crippen MR) is 157 cm³/mol. The van der Waals surface area contributed by atoms with Gasteiger partial charge in [-0.3, -0.25) is 14.5 Å². The molecule has 0 radical (unpaired) electrons. The molecular weight excluding hydrogens is 580 g/mol. The van der Waals surface area contributed by atoms with Crippen molar-refractivity contribution in [3.63, 3.8) is 0 Å². The molecule has 0 spiro atoms. The fourth-order valence-electron chi connectivity index (χ4n) is 5.56. The van der Waals surface area contributed by atoms with Gasteiger partial charge in [0.25, 0.3) is 5.91 Å². The number of nitrogens with one attached hydrogen (secondary N) is 2. The molecule has 230 valence electrons. The van der Waals surface area contributed by atoms with Gasteiger partial charge in [-0.2, -0.15) is 18.4 Å². The van der Waals surface area contributed by atoms with Crippen molar-refractivity contribution in [3.05, 3.63) is 81.4 Å². The van der Waals surface area contributed by atoms with Gasteiger partial charge in [-0.15, -0.1) is 0 Å². The smallest absolute Gasteiger partial charge is 0.367 e. The minimum absolute atomic E-state index is 0.0306. The molecule has 2 unspecified atom stereocenters. The fourth-order valence-corrected chi connectivity index (χ4v) is 5.56. The number of amides is 1. The molecule has 10 nitrogen and oxygen atoms in total. The van der Waals surface area contributed by atoms with Crippen LogP contribution in [0.5, 0.6) is 0 Å². The van der Waals surface area contributed by atoms with E-state index in [-0.39, 0.29) is 29.2 Å². The first-order valence-electron chi connectivity index (χ1n) is 13.9. The second-order valence-corrected chi connectivity index (χ2v) is 11.0. The van der Waals surface area contributed by atoms with E-state index in [1.165, 1.54) is 18.3 Å². The van der Waals surface area contributed by atoms with Gasteiger partial charge in [0.05, 0.1) is 22.5 Å². The summed E-state index contributed by atoms with van der Waals surface area (Å²) in [5.74, 6) is -1.05. The van der Waals surface area contributed by atoms with Crippen LogP contribution in [0.15, 0.2) is 47.5 Å². The van der Waals surface area contributed by atoms with Gasteiger partial charge in [-0.1, -0.05) is 6.08 Å². The van der Waals surface area contributed by atoms with Crippen LogP contribution in [-0.4, -0.2) is 71.1 Å². The van der Waals surface area contributed by atoms with Crippen molar-refractivity contribution < 1.29 is 22.4 Å². The molecule has 2 aliphatic rings. The molecule has 3 aromatic rings. The normalized spacial score (nSPS) is 19.4. The third-order valence-electron chi connectivity index (χ3n) is 8.13. The van der Waals surface area contributed by atoms with E-state index in [2.05, 4.69) is 25.2 Å². The first kappa shape index (κ1) is 30.7. The molecule has 1 amide bonds. The van der Waals surface area contributed by atoms with Crippen molar-refractivity contribution >= 4 is 28.7 Å². The molecule has 0 saturated carbocycles. The van der Waals surface area contributed by atoms with Crippen LogP contribution in [0.25, 0.3) is 5.57 Å². The number of aromatic amines is 1. The summed E-state index contributed by atoms with van der Waals surface area (Å²) in [5, 5.41) is 11.7. The Kier molecular flexibility index (Phi) is 8.42. The predicted octanol–water partition coefficient (Wildman–Crippen LogP) is 4.27. The Morgan fingerprint density at radius 1 is 1.16 bits per heavy atom. The lowest BCUT2D eigenvalue weighted by Crippen LogP contribution is -2.55. The largest absolute Gasteiger partial charge is 0.417 e. The zero-order valence-electron chi connectivity index (χ0n) is 24.2. The Bertz CT molecular complexity index is 1700. The molecule has 5 rings (SSSR count). The summed E-state index contributed by atoms with van der Waals surface area (Å²) in [6, 6.07) is 6.84. The van der Waals surface area contributed by atoms with Crippen molar-refractivity contribution in [2.75, 3.05) is 48.3 Å². The zero-order valence-corrected chi connectivity index (χ0v) is 24.2. The third-order valence-corrected chi connectivity index (χ3v) is 8.13. The van der Waals surface area contributed by atoms with Crippen LogP contribution < -0.4 is 20.7 Å². The highest BCUT2D eigenvalue weighted by molar-refractivity contribution is 6.07. The van der Waals surface area contributed by atoms with E-state index in [0.717, 1.165) is 6.20 Å². The molecule has 44 heavy (non-hydrogen) atoms. The standard InChI is InChI=1S/C30H30F4N8O2/c1-17-15-42(16-18(2)40(17)3)25-12-23(31)20(19-5-8-41(9-6-19)27-4-7-36-26(13-35)39-27)10-24(25)38-29(44)21-14-37-28(43)11-22(21)30(32,33)34/h4-5,7,10-12,14,17-18H,6,8-9,15-16H2,1-3H3,(H,37,43)(H,38,44). The van der Waals surface area contributed by atoms with Gasteiger partial charge in [0, 0.05) is 62.3 Å². The number of nitriles is 1. The van der Waals surface area contributed by atoms with Crippen LogP contribution >= 0.6 is 0 Å². The Hall–Kier alpha value is -4.77. The van der Waals surface area contributed by atoms with Crippen molar-refractivity contribution in [1.82, 2.24) is 19.9 Å². The van der Waals surface area contributed by atoms with Gasteiger partial charge in [0.1, 0.15) is 17.7 Å². The molecule has 2 N–H and O–H groups in total. The van der Waals surface area contributed by atoms with E-state index in [9.17, 15) is 22.8 Å². The number of hydrogen-bond acceptors (Lipinski definition) is 8. The number of halogens is 4. The highest BCUT2D eigenvalue weighted by Gasteiger charge is 2.36. The monoisotopic (exact) mass is 610 g/mol. The number of nitrogens with zero attached hydrogens (tertiary/aromatic N) is 6. The van der Waals surface area contributed by atoms with Gasteiger partial charge in [-0.05, 0) is 51.1 Å². The molecule has 1 aromatic carbocycles. The molecule has 2 atom stereocenters. The topological polar surface area (TPSA) is 121 Å². The fraction of sp³-hybridized carbons (Fsp3) is 0.367. The first-order chi connectivity index (χ1) is 20.8. The molecule has 2 aliphatic heterocycles. The molecule has 0 aliphatic carbocycles. The lowest BCUT2D eigenvalue weighted by Gasteiger charge is -2.44. The molecule has 14 heteroatoms. The molecule has 2 aromatic heterocycles. The van der Waals surface area contributed by atoms with Crippen molar-refractivity contribution in [1.29, 1.82) is 5.26 Å². The Morgan fingerprint density at radius 3 is 2.52 bits per heavy atom. The number of piperazine rings is 1. The van der Waals surface area contributed by atoms with Crippen LogP contribution in [0.2, 0.25) is 0 Å². The van der Waals surface area contributed by atoms with E-state index >= 15 is 4.39 Å². The Morgan fingerprint density at radius 2 is 1.89 bits per heavy atom. The number of carbonyl (C=O) groups excluding carboxylic acids is 1. The van der Waals surface area contributed by atoms with Crippen LogP contribution in [0.4, 0.5) is 34.8 Å². The average molecular weight is 611 g/mol. The summed E-state index contributed by atoms with van der Waals surface area (Å²) in [5.41, 5.74) is -1.79. The van der Waals surface area contributed by atoms with Crippen molar-refractivity contribution in [3.8, 4) is 6.07 Å². The maximum atomic E-state index is 15.8. The van der Waals surface area contributed by atoms with Crippen molar-refractivity contribution in [2.24, 2.45) is 0 Å². The summed E-state index contributed by atoms with van der Waals surface area (Å²) in [4.78, 5) is 41.2. The van der Waals surface area contributed by atoms with E-state index < -0.39 is 34.6 Å². The second kappa shape index (κ2) is 12.1. The van der Waals surface area contributed by atoms with Crippen molar-refractivity contribution in [2.45, 2.75) is 38.5 Å². The SMILES string of the molecule is CC1CN(c2cc(F)c(C3=CCN(c4ccnc(C#N)n4)CC3)cc2NC(=O)c2c[nH]c(=O)cc2C(F)(F)F)CC(C)N1C. The van der Waals surface area contributed by atoms with Gasteiger partial charge in [0.2, 0.25) is 11.4 Å². The lowest BCUT2D eigenvalue weighted by atomic mass is 9.96. The molecule has 1 saturated heterocycles. The maximum absolute atomic E-state index is 15.8. The van der Waals surface area contributed by atoms with Gasteiger partial charge < -0.3 is 20.1 Å². The summed E-state index contributed by atoms with van der Waals surface area (Å²) in [6.45, 7) is 5.83. The quantitative estimate of drug-likeness (QED) is 0.411. The lowest BCUT2D eigenvalue weighted by molar-refractivity contribution is -0.138. The number of benzene rings is 1. The minimum atomic E-state index is -4.95. The van der Waals surface area contributed by atoms with Crippen LogP contribution in [0, 0.1) is 17.1 Å². The number of likely N-dealkylation sites (N-methyl/N-ethyl adjacent to an activating group) is 1. The average Bonchev–Trinajstić information content (AvgIpc) is 3.00.